The van der Waals surface area contributed by atoms with E-state index in [2.05, 4.69) is 0 Å². The first kappa shape index (κ1) is 22.2. The van der Waals surface area contributed by atoms with Gasteiger partial charge in [-0.1, -0.05) is 42.5 Å². The van der Waals surface area contributed by atoms with Gasteiger partial charge in [0.2, 0.25) is 0 Å². The molecule has 3 aromatic rings. The minimum atomic E-state index is -0.700. The van der Waals surface area contributed by atoms with Crippen LogP contribution in [0.4, 0.5) is 0 Å². The fourth-order valence-corrected chi connectivity index (χ4v) is 3.70. The smallest absolute Gasteiger partial charge is 0.339 e. The minimum Gasteiger partial charge on any atom is -0.452 e. The lowest BCUT2D eigenvalue weighted by Gasteiger charge is -2.19. The summed E-state index contributed by atoms with van der Waals surface area (Å²) in [6, 6.07) is 18.0. The van der Waals surface area contributed by atoms with Crippen molar-refractivity contribution in [1.29, 1.82) is 0 Å². The van der Waals surface area contributed by atoms with Gasteiger partial charge in [-0.2, -0.15) is 11.3 Å². The Balaban J connectivity index is 1.62. The van der Waals surface area contributed by atoms with Crippen molar-refractivity contribution < 1.29 is 19.1 Å². The first-order valence-electron chi connectivity index (χ1n) is 9.76. The number of likely N-dealkylation sites (N-methyl/N-ethyl adjacent to an activating group) is 1. The van der Waals surface area contributed by atoms with Crippen molar-refractivity contribution in [3.63, 3.8) is 0 Å². The summed E-state index contributed by atoms with van der Waals surface area (Å²) in [6.45, 7) is 0.468. The van der Waals surface area contributed by atoms with E-state index in [1.165, 1.54) is 11.0 Å². The molecule has 0 spiro atoms. The number of ether oxygens (including phenoxy) is 1. The van der Waals surface area contributed by atoms with Crippen LogP contribution in [0.5, 0.6) is 0 Å². The molecule has 0 saturated carbocycles. The van der Waals surface area contributed by atoms with Crippen LogP contribution >= 0.6 is 11.3 Å². The van der Waals surface area contributed by atoms with Crippen LogP contribution in [0.2, 0.25) is 0 Å². The van der Waals surface area contributed by atoms with Gasteiger partial charge in [0.25, 0.3) is 11.8 Å². The van der Waals surface area contributed by atoms with E-state index in [9.17, 15) is 14.4 Å². The maximum absolute atomic E-state index is 12.9. The molecule has 7 heteroatoms. The van der Waals surface area contributed by atoms with Crippen LogP contribution in [-0.4, -0.2) is 48.3 Å². The molecule has 0 N–H and O–H groups in total. The Hall–Kier alpha value is -3.45. The lowest BCUT2D eigenvalue weighted by Crippen LogP contribution is -2.31. The second-order valence-corrected chi connectivity index (χ2v) is 7.93. The Morgan fingerprint density at radius 3 is 2.13 bits per heavy atom. The van der Waals surface area contributed by atoms with Gasteiger partial charge < -0.3 is 14.5 Å². The molecule has 0 atom stereocenters. The number of thiophene rings is 1. The topological polar surface area (TPSA) is 66.9 Å². The van der Waals surface area contributed by atoms with Crippen molar-refractivity contribution >= 4 is 29.1 Å². The Kier molecular flexibility index (Phi) is 7.56. The zero-order valence-corrected chi connectivity index (χ0v) is 18.3. The molecular weight excluding hydrogens is 412 g/mol. The van der Waals surface area contributed by atoms with Crippen LogP contribution in [0.1, 0.15) is 31.8 Å². The highest BCUT2D eigenvalue weighted by Crippen LogP contribution is 2.15. The van der Waals surface area contributed by atoms with Crippen molar-refractivity contribution in [2.24, 2.45) is 0 Å². The molecule has 1 aromatic heterocycles. The third kappa shape index (κ3) is 6.02. The molecule has 0 aliphatic heterocycles. The lowest BCUT2D eigenvalue weighted by molar-refractivity contribution is -0.133. The molecule has 0 aliphatic rings. The van der Waals surface area contributed by atoms with Crippen LogP contribution in [0.15, 0.2) is 71.4 Å². The van der Waals surface area contributed by atoms with E-state index in [0.717, 1.165) is 11.1 Å². The number of esters is 1. The van der Waals surface area contributed by atoms with Crippen molar-refractivity contribution in [2.75, 3.05) is 20.7 Å². The van der Waals surface area contributed by atoms with Gasteiger partial charge in [0.15, 0.2) is 6.61 Å². The number of amides is 2. The number of nitrogens with zero attached hydrogens (tertiary/aromatic N) is 2. The number of benzene rings is 2. The van der Waals surface area contributed by atoms with E-state index >= 15 is 0 Å². The van der Waals surface area contributed by atoms with Crippen molar-refractivity contribution in [1.82, 2.24) is 9.80 Å². The molecule has 0 bridgehead atoms. The molecule has 3 rings (SSSR count). The fraction of sp³-hybridized carbons (Fsp3) is 0.208. The SMILES string of the molecule is CN(Cc1ccsc1)C(=O)COC(=O)c1ccccc1C(=O)N(C)Cc1ccccc1. The lowest BCUT2D eigenvalue weighted by atomic mass is 10.1. The van der Waals surface area contributed by atoms with E-state index < -0.39 is 5.97 Å². The van der Waals surface area contributed by atoms with Crippen LogP contribution in [-0.2, 0) is 22.6 Å². The summed E-state index contributed by atoms with van der Waals surface area (Å²) in [7, 11) is 3.34. The zero-order chi connectivity index (χ0) is 22.2. The molecule has 160 valence electrons. The maximum atomic E-state index is 12.9. The average Bonchev–Trinajstić information content (AvgIpc) is 3.30. The summed E-state index contributed by atoms with van der Waals surface area (Å²) < 4.78 is 5.22. The van der Waals surface area contributed by atoms with Crippen molar-refractivity contribution in [3.8, 4) is 0 Å². The van der Waals surface area contributed by atoms with Gasteiger partial charge in [0.05, 0.1) is 11.1 Å². The molecule has 1 heterocycles. The zero-order valence-electron chi connectivity index (χ0n) is 17.5. The highest BCUT2D eigenvalue weighted by atomic mass is 32.1. The van der Waals surface area contributed by atoms with Gasteiger partial charge in [-0.3, -0.25) is 9.59 Å². The molecule has 0 unspecified atom stereocenters. The molecular formula is C24H24N2O4S. The number of rotatable bonds is 8. The molecule has 2 aromatic carbocycles. The average molecular weight is 437 g/mol. The standard InChI is InChI=1S/C24H24N2O4S/c1-25(15-19-12-13-31-17-19)22(27)16-30-24(29)21-11-7-6-10-20(21)23(28)26(2)14-18-8-4-3-5-9-18/h3-13,17H,14-16H2,1-2H3. The van der Waals surface area contributed by atoms with Gasteiger partial charge in [-0.15, -0.1) is 0 Å². The Morgan fingerprint density at radius 2 is 1.45 bits per heavy atom. The molecule has 6 nitrogen and oxygen atoms in total. The van der Waals surface area contributed by atoms with Crippen LogP contribution < -0.4 is 0 Å². The van der Waals surface area contributed by atoms with E-state index in [1.807, 2.05) is 47.2 Å². The Morgan fingerprint density at radius 1 is 0.806 bits per heavy atom. The summed E-state index contributed by atoms with van der Waals surface area (Å²) in [5.74, 6) is -1.31. The highest BCUT2D eigenvalue weighted by Gasteiger charge is 2.22. The Bertz CT molecular complexity index is 1030. The number of carbonyl (C=O) groups is 3. The monoisotopic (exact) mass is 436 g/mol. The van der Waals surface area contributed by atoms with Crippen molar-refractivity contribution in [2.45, 2.75) is 13.1 Å². The quantitative estimate of drug-likeness (QED) is 0.503. The molecule has 0 aliphatic carbocycles. The largest absolute Gasteiger partial charge is 0.452 e. The third-order valence-electron chi connectivity index (χ3n) is 4.74. The number of hydrogen-bond donors (Lipinski definition) is 0. The molecule has 0 radical (unpaired) electrons. The molecule has 0 fully saturated rings. The van der Waals surface area contributed by atoms with E-state index in [0.29, 0.717) is 13.1 Å². The number of hydrogen-bond acceptors (Lipinski definition) is 5. The molecule has 2 amide bonds. The summed E-state index contributed by atoms with van der Waals surface area (Å²) in [5, 5.41) is 3.90. The third-order valence-corrected chi connectivity index (χ3v) is 5.47. The Labute approximate surface area is 185 Å². The first-order valence-corrected chi connectivity index (χ1v) is 10.7. The second-order valence-electron chi connectivity index (χ2n) is 7.15. The highest BCUT2D eigenvalue weighted by molar-refractivity contribution is 7.07. The maximum Gasteiger partial charge on any atom is 0.339 e. The van der Waals surface area contributed by atoms with Crippen LogP contribution in [0.3, 0.4) is 0 Å². The van der Waals surface area contributed by atoms with E-state index in [1.54, 1.807) is 48.5 Å². The summed E-state index contributed by atoms with van der Waals surface area (Å²) in [6.07, 6.45) is 0. The predicted molar refractivity (Wildman–Crippen MR) is 120 cm³/mol. The number of carbonyl (C=O) groups excluding carboxylic acids is 3. The van der Waals surface area contributed by atoms with Crippen LogP contribution in [0, 0.1) is 0 Å². The van der Waals surface area contributed by atoms with Gasteiger partial charge >= 0.3 is 5.97 Å². The van der Waals surface area contributed by atoms with Gasteiger partial charge in [-0.05, 0) is 40.1 Å². The molecule has 31 heavy (non-hydrogen) atoms. The normalized spacial score (nSPS) is 10.4. The van der Waals surface area contributed by atoms with Crippen LogP contribution in [0.25, 0.3) is 0 Å². The van der Waals surface area contributed by atoms with E-state index in [4.69, 9.17) is 4.74 Å². The molecule has 0 saturated heterocycles. The first-order chi connectivity index (χ1) is 15.0. The van der Waals surface area contributed by atoms with Gasteiger partial charge in [-0.25, -0.2) is 4.79 Å². The van der Waals surface area contributed by atoms with Gasteiger partial charge in [0, 0.05) is 27.2 Å². The van der Waals surface area contributed by atoms with Crippen molar-refractivity contribution in [3.05, 3.63) is 93.7 Å². The summed E-state index contributed by atoms with van der Waals surface area (Å²) >= 11 is 1.56. The summed E-state index contributed by atoms with van der Waals surface area (Å²) in [4.78, 5) is 40.9. The predicted octanol–water partition coefficient (Wildman–Crippen LogP) is 3.84. The fourth-order valence-electron chi connectivity index (χ4n) is 3.04. The summed E-state index contributed by atoms with van der Waals surface area (Å²) in [5.41, 5.74) is 2.38. The minimum absolute atomic E-state index is 0.140. The van der Waals surface area contributed by atoms with E-state index in [-0.39, 0.29) is 29.5 Å². The van der Waals surface area contributed by atoms with Gasteiger partial charge in [0.1, 0.15) is 0 Å². The second kappa shape index (κ2) is 10.5.